The Kier molecular flexibility index (Phi) is 16.7. The molecule has 0 saturated heterocycles. The molecule has 0 bridgehead atoms. The minimum atomic E-state index is -0.125. The summed E-state index contributed by atoms with van der Waals surface area (Å²) in [4.78, 5) is 19.5. The number of unbranched alkanes of at least 4 members (excludes halogenated alkanes) is 7. The third-order valence-corrected chi connectivity index (χ3v) is 7.96. The molecular weight excluding hydrogens is 769 g/mol. The number of aromatic nitrogens is 2. The molecule has 4 nitrogen and oxygen atoms in total. The summed E-state index contributed by atoms with van der Waals surface area (Å²) in [6.45, 7) is 5.12. The van der Waals surface area contributed by atoms with Crippen LogP contribution in [0.1, 0.15) is 77.7 Å². The van der Waals surface area contributed by atoms with E-state index < -0.39 is 0 Å². The van der Waals surface area contributed by atoms with E-state index in [9.17, 15) is 4.79 Å². The molecular formula is C43H47IrN2O2-. The number of nitrogens with zero attached hydrogens (tertiary/aromatic N) is 2. The van der Waals surface area contributed by atoms with Crippen LogP contribution in [-0.4, -0.2) is 20.9 Å². The van der Waals surface area contributed by atoms with Crippen LogP contribution in [0.25, 0.3) is 44.8 Å². The number of aryl methyl sites for hydroxylation is 1. The van der Waals surface area contributed by atoms with E-state index in [4.69, 9.17) is 15.1 Å². The fraction of sp³-hybridized carbons (Fsp3) is 0.279. The Balaban J connectivity index is 0.000000706. The number of aliphatic hydroxyl groups is 1. The number of allylic oxidation sites excluding steroid dienone is 2. The Labute approximate surface area is 300 Å². The molecule has 0 aliphatic heterocycles. The van der Waals surface area contributed by atoms with Crippen LogP contribution in [-0.2, 0) is 31.3 Å². The molecule has 0 atom stereocenters. The molecule has 251 valence electrons. The maximum Gasteiger partial charge on any atom is 0.155 e. The maximum absolute atomic E-state index is 10.0. The zero-order chi connectivity index (χ0) is 33.3. The summed E-state index contributed by atoms with van der Waals surface area (Å²) < 4.78 is 0. The smallest absolute Gasteiger partial charge is 0.155 e. The number of ketones is 1. The molecule has 4 aromatic carbocycles. The van der Waals surface area contributed by atoms with Crippen molar-refractivity contribution in [2.24, 2.45) is 0 Å². The summed E-state index contributed by atoms with van der Waals surface area (Å²) in [5.74, 6) is 0.663. The minimum Gasteiger partial charge on any atom is -0.512 e. The van der Waals surface area contributed by atoms with E-state index in [1.165, 1.54) is 105 Å². The molecule has 1 N–H and O–H groups in total. The average molecular weight is 816 g/mol. The number of carbonyl (C=O) groups excluding carboxylic acids is 1. The van der Waals surface area contributed by atoms with Crippen molar-refractivity contribution in [3.8, 4) is 44.8 Å². The Hall–Kier alpha value is -4.18. The van der Waals surface area contributed by atoms with Crippen molar-refractivity contribution >= 4 is 5.78 Å². The van der Waals surface area contributed by atoms with Crippen molar-refractivity contribution in [2.75, 3.05) is 0 Å². The van der Waals surface area contributed by atoms with Crippen LogP contribution in [0.15, 0.2) is 121 Å². The summed E-state index contributed by atoms with van der Waals surface area (Å²) in [7, 11) is 0. The van der Waals surface area contributed by atoms with E-state index in [1.807, 2.05) is 18.5 Å². The first kappa shape index (κ1) is 38.3. The fourth-order valence-electron chi connectivity index (χ4n) is 5.54. The van der Waals surface area contributed by atoms with Gasteiger partial charge in [-0.2, -0.15) is 0 Å². The zero-order valence-electron chi connectivity index (χ0n) is 28.4. The molecule has 1 radical (unpaired) electrons. The van der Waals surface area contributed by atoms with Gasteiger partial charge in [0.1, 0.15) is 0 Å². The van der Waals surface area contributed by atoms with Gasteiger partial charge in [-0.1, -0.05) is 113 Å². The van der Waals surface area contributed by atoms with Gasteiger partial charge in [-0.25, -0.2) is 0 Å². The van der Waals surface area contributed by atoms with Gasteiger partial charge in [-0.15, -0.1) is 35.4 Å². The Morgan fingerprint density at radius 2 is 1.17 bits per heavy atom. The largest absolute Gasteiger partial charge is 0.512 e. The SMILES string of the molecule is CC(=O)C=C(C)O.CCCCCCCCCCc1cnc(-c2[c-]ccc(-c3cc(-c4ccccc4)cc(-c4ccccc4)c3)c2)nc1.[Ir]. The Morgan fingerprint density at radius 3 is 1.65 bits per heavy atom. The van der Waals surface area contributed by atoms with Crippen molar-refractivity contribution < 1.29 is 30.0 Å². The van der Waals surface area contributed by atoms with Crippen molar-refractivity contribution in [2.45, 2.75) is 78.6 Å². The van der Waals surface area contributed by atoms with Crippen LogP contribution in [0.5, 0.6) is 0 Å². The second-order valence-corrected chi connectivity index (χ2v) is 12.1. The molecule has 1 heterocycles. The van der Waals surface area contributed by atoms with E-state index in [0.29, 0.717) is 0 Å². The quantitative estimate of drug-likeness (QED) is 0.0525. The van der Waals surface area contributed by atoms with Crippen molar-refractivity contribution in [1.29, 1.82) is 0 Å². The molecule has 1 aromatic heterocycles. The number of benzene rings is 4. The molecule has 5 rings (SSSR count). The number of hydrogen-bond acceptors (Lipinski definition) is 4. The van der Waals surface area contributed by atoms with Gasteiger partial charge in [0.25, 0.3) is 0 Å². The van der Waals surface area contributed by atoms with Crippen molar-refractivity contribution in [1.82, 2.24) is 9.97 Å². The first-order chi connectivity index (χ1) is 22.9. The van der Waals surface area contributed by atoms with E-state index in [0.717, 1.165) is 23.4 Å². The van der Waals surface area contributed by atoms with Gasteiger partial charge in [0.05, 0.1) is 11.6 Å². The topological polar surface area (TPSA) is 63.1 Å². The molecule has 5 heteroatoms. The number of aliphatic hydroxyl groups excluding tert-OH is 1. The Morgan fingerprint density at radius 1 is 0.667 bits per heavy atom. The van der Waals surface area contributed by atoms with Crippen LogP contribution in [0.3, 0.4) is 0 Å². The van der Waals surface area contributed by atoms with Gasteiger partial charge in [0.2, 0.25) is 0 Å². The first-order valence-electron chi connectivity index (χ1n) is 16.9. The normalized spacial score (nSPS) is 10.9. The number of carbonyl (C=O) groups is 1. The second kappa shape index (κ2) is 20.9. The standard InChI is InChI=1S/C38H39N2.C5H8O2.Ir/c1-2-3-4-5-6-7-8-11-17-30-28-39-38(40-29-30)34-23-16-22-33(24-34)37-26-35(31-18-12-9-13-19-31)25-36(27-37)32-20-14-10-15-21-32;1-4(6)3-5(2)7;/h9-10,12-16,18-22,24-29H,2-8,11,17H2,1H3;3,6H,1-2H3;/q-1;;. The van der Waals surface area contributed by atoms with Gasteiger partial charge in [0, 0.05) is 38.6 Å². The summed E-state index contributed by atoms with van der Waals surface area (Å²) in [5, 5.41) is 8.36. The predicted octanol–water partition coefficient (Wildman–Crippen LogP) is 11.7. The van der Waals surface area contributed by atoms with E-state index in [1.54, 1.807) is 0 Å². The molecule has 5 aromatic rings. The van der Waals surface area contributed by atoms with E-state index >= 15 is 0 Å². The fourth-order valence-corrected chi connectivity index (χ4v) is 5.54. The monoisotopic (exact) mass is 816 g/mol. The third kappa shape index (κ3) is 12.8. The van der Waals surface area contributed by atoms with Gasteiger partial charge < -0.3 is 5.11 Å². The van der Waals surface area contributed by atoms with Crippen LogP contribution in [0.4, 0.5) is 0 Å². The average Bonchev–Trinajstić information content (AvgIpc) is 3.10. The van der Waals surface area contributed by atoms with E-state index in [-0.39, 0.29) is 31.6 Å². The molecule has 0 aliphatic rings. The summed E-state index contributed by atoms with van der Waals surface area (Å²) in [6, 6.07) is 37.6. The summed E-state index contributed by atoms with van der Waals surface area (Å²) >= 11 is 0. The molecule has 0 spiro atoms. The van der Waals surface area contributed by atoms with Gasteiger partial charge >= 0.3 is 0 Å². The van der Waals surface area contributed by atoms with Crippen molar-refractivity contribution in [3.05, 3.63) is 133 Å². The molecule has 0 aliphatic carbocycles. The van der Waals surface area contributed by atoms with Crippen molar-refractivity contribution in [3.63, 3.8) is 0 Å². The number of hydrogen-bond donors (Lipinski definition) is 1. The van der Waals surface area contributed by atoms with E-state index in [2.05, 4.69) is 104 Å². The van der Waals surface area contributed by atoms with Crippen LogP contribution >= 0.6 is 0 Å². The predicted molar refractivity (Wildman–Crippen MR) is 196 cm³/mol. The minimum absolute atomic E-state index is 0. The molecule has 0 saturated carbocycles. The molecule has 0 unspecified atom stereocenters. The second-order valence-electron chi connectivity index (χ2n) is 12.1. The first-order valence-corrected chi connectivity index (χ1v) is 16.9. The number of rotatable bonds is 14. The van der Waals surface area contributed by atoms with Crippen LogP contribution < -0.4 is 0 Å². The molecule has 0 fully saturated rings. The molecule has 0 amide bonds. The van der Waals surface area contributed by atoms with Crippen LogP contribution in [0.2, 0.25) is 0 Å². The van der Waals surface area contributed by atoms with Gasteiger partial charge in [0.15, 0.2) is 5.78 Å². The maximum atomic E-state index is 10.0. The van der Waals surface area contributed by atoms with Gasteiger partial charge in [-0.05, 0) is 78.3 Å². The summed E-state index contributed by atoms with van der Waals surface area (Å²) in [6.07, 6.45) is 16.9. The Bertz CT molecular complexity index is 1640. The molecule has 48 heavy (non-hydrogen) atoms. The summed E-state index contributed by atoms with van der Waals surface area (Å²) in [5.41, 5.74) is 9.26. The van der Waals surface area contributed by atoms with Crippen LogP contribution in [0, 0.1) is 6.07 Å². The van der Waals surface area contributed by atoms with Gasteiger partial charge in [-0.3, -0.25) is 14.8 Å². The third-order valence-electron chi connectivity index (χ3n) is 7.96. The zero-order valence-corrected chi connectivity index (χ0v) is 30.8.